The van der Waals surface area contributed by atoms with Crippen LogP contribution in [0.2, 0.25) is 0 Å². The summed E-state index contributed by atoms with van der Waals surface area (Å²) in [6.45, 7) is 7.63. The van der Waals surface area contributed by atoms with Gasteiger partial charge in [0.05, 0.1) is 0 Å². The highest BCUT2D eigenvalue weighted by atomic mass is 15.1. The number of aromatic nitrogens is 2. The van der Waals surface area contributed by atoms with E-state index in [1.54, 1.807) is 0 Å². The van der Waals surface area contributed by atoms with Gasteiger partial charge < -0.3 is 4.57 Å². The van der Waals surface area contributed by atoms with Crippen molar-refractivity contribution in [1.82, 2.24) is 9.55 Å². The van der Waals surface area contributed by atoms with Crippen LogP contribution in [0.5, 0.6) is 0 Å². The summed E-state index contributed by atoms with van der Waals surface area (Å²) in [6.07, 6.45) is 6.96. The second-order valence-corrected chi connectivity index (χ2v) is 4.87. The van der Waals surface area contributed by atoms with E-state index in [1.165, 1.54) is 0 Å². The van der Waals surface area contributed by atoms with Crippen molar-refractivity contribution in [3.8, 4) is 0 Å². The van der Waals surface area contributed by atoms with Crippen LogP contribution in [0.15, 0.2) is 17.4 Å². The molecule has 1 aliphatic heterocycles. The van der Waals surface area contributed by atoms with Gasteiger partial charge in [-0.25, -0.2) is 4.98 Å². The van der Waals surface area contributed by atoms with Crippen molar-refractivity contribution in [2.24, 2.45) is 10.4 Å². The predicted octanol–water partition coefficient (Wildman–Crippen LogP) is 2.44. The molecule has 3 nitrogen and oxygen atoms in total. The van der Waals surface area contributed by atoms with Gasteiger partial charge in [0.1, 0.15) is 11.9 Å². The van der Waals surface area contributed by atoms with Gasteiger partial charge >= 0.3 is 0 Å². The summed E-state index contributed by atoms with van der Waals surface area (Å²) in [7, 11) is 0. The summed E-state index contributed by atoms with van der Waals surface area (Å²) >= 11 is 0. The number of fused-ring (bicyclic) bond motifs is 1. The maximum Gasteiger partial charge on any atom is 0.134 e. The Labute approximate surface area is 84.9 Å². The lowest BCUT2D eigenvalue weighted by molar-refractivity contribution is 0.313. The summed E-state index contributed by atoms with van der Waals surface area (Å²) in [6, 6.07) is 0.194. The van der Waals surface area contributed by atoms with E-state index in [0.29, 0.717) is 0 Å². The van der Waals surface area contributed by atoms with Gasteiger partial charge in [0.2, 0.25) is 0 Å². The molecule has 1 atom stereocenters. The summed E-state index contributed by atoms with van der Waals surface area (Å²) in [4.78, 5) is 9.01. The quantitative estimate of drug-likeness (QED) is 0.619. The first-order chi connectivity index (χ1) is 6.59. The number of aliphatic imine (C=N–C) groups is 1. The topological polar surface area (TPSA) is 30.2 Å². The molecule has 0 amide bonds. The highest BCUT2D eigenvalue weighted by molar-refractivity contribution is 5.58. The second kappa shape index (κ2) is 3.23. The molecule has 1 unspecified atom stereocenters. The number of hydrogen-bond acceptors (Lipinski definition) is 2. The molecular weight excluding hydrogens is 174 g/mol. The van der Waals surface area contributed by atoms with E-state index in [9.17, 15) is 0 Å². The van der Waals surface area contributed by atoms with E-state index >= 15 is 0 Å². The molecule has 0 spiro atoms. The second-order valence-electron chi connectivity index (χ2n) is 4.87. The van der Waals surface area contributed by atoms with Gasteiger partial charge in [-0.15, -0.1) is 0 Å². The first-order valence-corrected chi connectivity index (χ1v) is 5.12. The Balaban J connectivity index is 2.43. The van der Waals surface area contributed by atoms with E-state index in [4.69, 9.17) is 0 Å². The van der Waals surface area contributed by atoms with Crippen LogP contribution in [0.3, 0.4) is 0 Å². The number of imidazole rings is 1. The van der Waals surface area contributed by atoms with Gasteiger partial charge in [-0.1, -0.05) is 20.8 Å². The predicted molar refractivity (Wildman–Crippen MR) is 57.5 cm³/mol. The molecule has 0 radical (unpaired) electrons. The minimum Gasteiger partial charge on any atom is -0.333 e. The molecule has 0 saturated carbocycles. The van der Waals surface area contributed by atoms with Crippen LogP contribution in [-0.4, -0.2) is 15.8 Å². The van der Waals surface area contributed by atoms with E-state index in [0.717, 1.165) is 18.8 Å². The van der Waals surface area contributed by atoms with Crippen LogP contribution in [-0.2, 0) is 6.54 Å². The third kappa shape index (κ3) is 1.59. The fourth-order valence-electron chi connectivity index (χ4n) is 1.81. The lowest BCUT2D eigenvalue weighted by atomic mass is 9.86. The van der Waals surface area contributed by atoms with Crippen molar-refractivity contribution in [3.63, 3.8) is 0 Å². The Morgan fingerprint density at radius 3 is 2.93 bits per heavy atom. The highest BCUT2D eigenvalue weighted by Gasteiger charge is 2.29. The molecule has 14 heavy (non-hydrogen) atoms. The van der Waals surface area contributed by atoms with Gasteiger partial charge in [0, 0.05) is 31.6 Å². The molecule has 0 bridgehead atoms. The zero-order chi connectivity index (χ0) is 10.2. The monoisotopic (exact) mass is 191 g/mol. The molecule has 2 heterocycles. The summed E-state index contributed by atoms with van der Waals surface area (Å²) in [5, 5.41) is 0. The van der Waals surface area contributed by atoms with E-state index < -0.39 is 0 Å². The first-order valence-electron chi connectivity index (χ1n) is 5.12. The molecule has 2 rings (SSSR count). The fraction of sp³-hybridized carbons (Fsp3) is 0.636. The Morgan fingerprint density at radius 2 is 2.21 bits per heavy atom. The Kier molecular flexibility index (Phi) is 2.17. The van der Waals surface area contributed by atoms with Crippen molar-refractivity contribution < 1.29 is 0 Å². The SMILES string of the molecule is CC(C)(C)C1N=CCCn2ccnc21. The average Bonchev–Trinajstić information content (AvgIpc) is 2.42. The summed E-state index contributed by atoms with van der Waals surface area (Å²) in [5.74, 6) is 1.10. The van der Waals surface area contributed by atoms with Crippen molar-refractivity contribution in [2.45, 2.75) is 39.8 Å². The van der Waals surface area contributed by atoms with E-state index in [-0.39, 0.29) is 11.5 Å². The van der Waals surface area contributed by atoms with Crippen LogP contribution in [0.1, 0.15) is 39.1 Å². The Bertz CT molecular complexity index is 344. The van der Waals surface area contributed by atoms with Crippen molar-refractivity contribution in [1.29, 1.82) is 0 Å². The van der Waals surface area contributed by atoms with Crippen LogP contribution < -0.4 is 0 Å². The third-order valence-electron chi connectivity index (χ3n) is 2.57. The number of hydrogen-bond donors (Lipinski definition) is 0. The van der Waals surface area contributed by atoms with Crippen LogP contribution in [0, 0.1) is 5.41 Å². The van der Waals surface area contributed by atoms with Gasteiger partial charge in [0.25, 0.3) is 0 Å². The van der Waals surface area contributed by atoms with E-state index in [1.807, 2.05) is 18.6 Å². The van der Waals surface area contributed by atoms with Gasteiger partial charge in [0.15, 0.2) is 0 Å². The first kappa shape index (κ1) is 9.44. The zero-order valence-electron chi connectivity index (χ0n) is 9.07. The summed E-state index contributed by atoms with van der Waals surface area (Å²) < 4.78 is 2.21. The maximum absolute atomic E-state index is 4.60. The maximum atomic E-state index is 4.60. The molecule has 0 aliphatic carbocycles. The summed E-state index contributed by atoms with van der Waals surface area (Å²) in [5.41, 5.74) is 0.143. The molecule has 1 aromatic heterocycles. The largest absolute Gasteiger partial charge is 0.333 e. The van der Waals surface area contributed by atoms with E-state index in [2.05, 4.69) is 35.3 Å². The fourth-order valence-corrected chi connectivity index (χ4v) is 1.81. The highest BCUT2D eigenvalue weighted by Crippen LogP contribution is 2.35. The van der Waals surface area contributed by atoms with Gasteiger partial charge in [-0.05, 0) is 5.41 Å². The minimum absolute atomic E-state index is 0.143. The number of nitrogens with zero attached hydrogens (tertiary/aromatic N) is 3. The average molecular weight is 191 g/mol. The lowest BCUT2D eigenvalue weighted by Gasteiger charge is -2.26. The smallest absolute Gasteiger partial charge is 0.134 e. The number of rotatable bonds is 0. The molecule has 76 valence electrons. The standard InChI is InChI=1S/C11H17N3/c1-11(2,3)9-10-13-6-8-14(10)7-4-5-12-9/h5-6,8-9H,4,7H2,1-3H3. The van der Waals surface area contributed by atoms with Crippen LogP contribution >= 0.6 is 0 Å². The Hall–Kier alpha value is -1.12. The molecule has 0 N–H and O–H groups in total. The third-order valence-corrected chi connectivity index (χ3v) is 2.57. The van der Waals surface area contributed by atoms with Crippen molar-refractivity contribution in [3.05, 3.63) is 18.2 Å². The Morgan fingerprint density at radius 1 is 1.43 bits per heavy atom. The molecule has 1 aromatic rings. The molecule has 1 aliphatic rings. The van der Waals surface area contributed by atoms with Crippen molar-refractivity contribution in [2.75, 3.05) is 0 Å². The van der Waals surface area contributed by atoms with Crippen LogP contribution in [0.25, 0.3) is 0 Å². The van der Waals surface area contributed by atoms with Gasteiger partial charge in [-0.3, -0.25) is 4.99 Å². The van der Waals surface area contributed by atoms with Gasteiger partial charge in [-0.2, -0.15) is 0 Å². The minimum atomic E-state index is 0.143. The molecule has 0 fully saturated rings. The van der Waals surface area contributed by atoms with Crippen LogP contribution in [0.4, 0.5) is 0 Å². The molecule has 0 aromatic carbocycles. The van der Waals surface area contributed by atoms with Crippen molar-refractivity contribution >= 4 is 6.21 Å². The zero-order valence-corrected chi connectivity index (χ0v) is 9.07. The molecule has 0 saturated heterocycles. The molecular formula is C11H17N3. The lowest BCUT2D eigenvalue weighted by Crippen LogP contribution is -2.19. The normalized spacial score (nSPS) is 21.8. The molecule has 3 heteroatoms. The number of aryl methyl sites for hydroxylation is 1.